The summed E-state index contributed by atoms with van der Waals surface area (Å²) in [5.74, 6) is 0. The molecule has 0 spiro atoms. The molecule has 26 heavy (non-hydrogen) atoms. The quantitative estimate of drug-likeness (QED) is 0.594. The van der Waals surface area contributed by atoms with Gasteiger partial charge in [-0.25, -0.2) is 14.1 Å². The van der Waals surface area contributed by atoms with E-state index in [1.165, 1.54) is 4.90 Å². The highest BCUT2D eigenvalue weighted by Crippen LogP contribution is 2.33. The first kappa shape index (κ1) is 19.3. The van der Waals surface area contributed by atoms with Crippen molar-refractivity contribution in [1.82, 2.24) is 14.6 Å². The molecule has 1 aromatic heterocycles. The smallest absolute Gasteiger partial charge is 0.407 e. The number of carbonyl (C=O) groups is 1. The van der Waals surface area contributed by atoms with Crippen LogP contribution in [0, 0.1) is 0 Å². The number of ether oxygens (including phenoxy) is 1. The lowest BCUT2D eigenvalue weighted by Crippen LogP contribution is -2.44. The number of aromatic nitrogens is 1. The van der Waals surface area contributed by atoms with Crippen molar-refractivity contribution in [3.63, 3.8) is 0 Å². The van der Waals surface area contributed by atoms with E-state index in [1.54, 1.807) is 18.1 Å². The summed E-state index contributed by atoms with van der Waals surface area (Å²) in [6.07, 6.45) is 3.21. The Labute approximate surface area is 163 Å². The molecular weight excluding hydrogens is 370 g/mol. The summed E-state index contributed by atoms with van der Waals surface area (Å²) in [5.41, 5.74) is -0.467. The Morgan fingerprint density at radius 1 is 1.27 bits per heavy atom. The number of rotatable bonds is 3. The molecule has 1 N–H and O–H groups in total. The van der Waals surface area contributed by atoms with Crippen molar-refractivity contribution in [2.45, 2.75) is 50.2 Å². The van der Waals surface area contributed by atoms with Gasteiger partial charge in [0.15, 0.2) is 0 Å². The van der Waals surface area contributed by atoms with Gasteiger partial charge >= 0.3 is 6.09 Å². The Bertz CT molecular complexity index is 786. The predicted molar refractivity (Wildman–Crippen MR) is 107 cm³/mol. The Hall–Kier alpha value is -1.50. The molecule has 1 aliphatic heterocycles. The first-order valence-corrected chi connectivity index (χ1v) is 9.92. The summed E-state index contributed by atoms with van der Waals surface area (Å²) in [6, 6.07) is 8.27. The van der Waals surface area contributed by atoms with Gasteiger partial charge < -0.3 is 10.1 Å². The number of halogens is 1. The van der Waals surface area contributed by atoms with Crippen molar-refractivity contribution < 1.29 is 9.53 Å². The highest BCUT2D eigenvalue weighted by Gasteiger charge is 2.24. The van der Waals surface area contributed by atoms with Gasteiger partial charge in [-0.15, -0.1) is 0 Å². The van der Waals surface area contributed by atoms with E-state index < -0.39 is 5.60 Å². The van der Waals surface area contributed by atoms with Gasteiger partial charge in [-0.3, -0.25) is 0 Å². The molecule has 2 aromatic rings. The van der Waals surface area contributed by atoms with Crippen LogP contribution >= 0.6 is 23.5 Å². The molecule has 140 valence electrons. The summed E-state index contributed by atoms with van der Waals surface area (Å²) in [6.45, 7) is 7.42. The number of pyridine rings is 1. The lowest BCUT2D eigenvalue weighted by atomic mass is 10.1. The van der Waals surface area contributed by atoms with E-state index in [9.17, 15) is 4.79 Å². The summed E-state index contributed by atoms with van der Waals surface area (Å²) >= 11 is 7.94. The van der Waals surface area contributed by atoms with E-state index >= 15 is 0 Å². The molecule has 0 atom stereocenters. The minimum Gasteiger partial charge on any atom is -0.444 e. The van der Waals surface area contributed by atoms with Crippen LogP contribution in [0.25, 0.3) is 10.8 Å². The molecule has 1 saturated heterocycles. The molecule has 2 heterocycles. The van der Waals surface area contributed by atoms with E-state index in [-0.39, 0.29) is 12.1 Å². The van der Waals surface area contributed by atoms with Crippen LogP contribution in [0.15, 0.2) is 35.4 Å². The van der Waals surface area contributed by atoms with E-state index in [0.29, 0.717) is 5.15 Å². The highest BCUT2D eigenvalue weighted by molar-refractivity contribution is 7.97. The van der Waals surface area contributed by atoms with Gasteiger partial charge in [-0.05, 0) is 57.7 Å². The molecule has 0 saturated carbocycles. The van der Waals surface area contributed by atoms with Crippen LogP contribution in [0.4, 0.5) is 4.79 Å². The van der Waals surface area contributed by atoms with Crippen molar-refractivity contribution in [2.24, 2.45) is 0 Å². The maximum atomic E-state index is 11.9. The van der Waals surface area contributed by atoms with Gasteiger partial charge in [0.1, 0.15) is 10.8 Å². The summed E-state index contributed by atoms with van der Waals surface area (Å²) in [5, 5.41) is 5.60. The van der Waals surface area contributed by atoms with Gasteiger partial charge in [-0.2, -0.15) is 0 Å². The molecule has 7 heteroatoms. The van der Waals surface area contributed by atoms with Crippen LogP contribution in [0.3, 0.4) is 0 Å². The van der Waals surface area contributed by atoms with Crippen LogP contribution in [0.5, 0.6) is 0 Å². The third-order valence-corrected chi connectivity index (χ3v) is 5.60. The maximum absolute atomic E-state index is 11.9. The topological polar surface area (TPSA) is 54.5 Å². The molecule has 3 rings (SSSR count). The number of nitrogens with one attached hydrogen (secondary N) is 1. The van der Waals surface area contributed by atoms with E-state index in [1.807, 2.05) is 39.0 Å². The largest absolute Gasteiger partial charge is 0.444 e. The summed E-state index contributed by atoms with van der Waals surface area (Å²) in [7, 11) is 0. The molecular formula is C19H24ClN3O2S. The Morgan fingerprint density at radius 3 is 2.69 bits per heavy atom. The van der Waals surface area contributed by atoms with Gasteiger partial charge in [0.25, 0.3) is 0 Å². The van der Waals surface area contributed by atoms with Crippen molar-refractivity contribution in [1.29, 1.82) is 0 Å². The Kier molecular flexibility index (Phi) is 5.95. The molecule has 1 aromatic carbocycles. The fraction of sp³-hybridized carbons (Fsp3) is 0.474. The second-order valence-corrected chi connectivity index (χ2v) is 8.89. The fourth-order valence-electron chi connectivity index (χ4n) is 2.93. The molecule has 0 bridgehead atoms. The van der Waals surface area contributed by atoms with Gasteiger partial charge in [-0.1, -0.05) is 23.7 Å². The van der Waals surface area contributed by atoms with Gasteiger partial charge in [0.05, 0.1) is 0 Å². The number of benzene rings is 1. The zero-order valence-electron chi connectivity index (χ0n) is 15.3. The van der Waals surface area contributed by atoms with E-state index in [2.05, 4.69) is 20.7 Å². The third kappa shape index (κ3) is 5.02. The second-order valence-electron chi connectivity index (χ2n) is 7.39. The average Bonchev–Trinajstić information content (AvgIpc) is 2.56. The molecule has 5 nitrogen and oxygen atoms in total. The lowest BCUT2D eigenvalue weighted by molar-refractivity contribution is 0.0490. The maximum Gasteiger partial charge on any atom is 0.407 e. The number of alkyl carbamates (subject to hydrolysis) is 1. The normalized spacial score (nSPS) is 16.6. The molecule has 0 aliphatic carbocycles. The minimum atomic E-state index is -0.467. The number of hydrogen-bond donors (Lipinski definition) is 1. The monoisotopic (exact) mass is 393 g/mol. The zero-order valence-corrected chi connectivity index (χ0v) is 16.9. The van der Waals surface area contributed by atoms with Crippen LogP contribution < -0.4 is 5.32 Å². The first-order chi connectivity index (χ1) is 12.3. The summed E-state index contributed by atoms with van der Waals surface area (Å²) < 4.78 is 7.66. The van der Waals surface area contributed by atoms with Crippen molar-refractivity contribution >= 4 is 40.4 Å². The van der Waals surface area contributed by atoms with Crippen molar-refractivity contribution in [3.05, 3.63) is 35.6 Å². The minimum absolute atomic E-state index is 0.160. The molecule has 1 aliphatic rings. The number of piperidine rings is 1. The Balaban J connectivity index is 1.57. The van der Waals surface area contributed by atoms with Gasteiger partial charge in [0.2, 0.25) is 0 Å². The standard InChI is InChI=1S/C19H24ClN3O2S/c1-19(2,3)25-18(24)22-13-8-11-23(12-9-13)26-16-6-4-5-15-14(16)7-10-21-17(15)20/h4-7,10,13H,8-9,11-12H2,1-3H3,(H,22,24). The summed E-state index contributed by atoms with van der Waals surface area (Å²) in [4.78, 5) is 17.2. The van der Waals surface area contributed by atoms with Crippen LogP contribution in [-0.2, 0) is 4.74 Å². The molecule has 1 fully saturated rings. The number of hydrogen-bond acceptors (Lipinski definition) is 5. The van der Waals surface area contributed by atoms with E-state index in [4.69, 9.17) is 16.3 Å². The highest BCUT2D eigenvalue weighted by atomic mass is 35.5. The second kappa shape index (κ2) is 8.03. The fourth-order valence-corrected chi connectivity index (χ4v) is 4.24. The number of carbonyl (C=O) groups excluding carboxylic acids is 1. The SMILES string of the molecule is CC(C)(C)OC(=O)NC1CCN(Sc2cccc3c(Cl)nccc23)CC1. The number of amides is 1. The predicted octanol–water partition coefficient (Wildman–Crippen LogP) is 4.88. The zero-order chi connectivity index (χ0) is 18.7. The number of nitrogens with zero attached hydrogens (tertiary/aromatic N) is 2. The van der Waals surface area contributed by atoms with Crippen molar-refractivity contribution in [3.8, 4) is 0 Å². The Morgan fingerprint density at radius 2 is 2.00 bits per heavy atom. The van der Waals surface area contributed by atoms with Crippen molar-refractivity contribution in [2.75, 3.05) is 13.1 Å². The van der Waals surface area contributed by atoms with Crippen LogP contribution in [-0.4, -0.2) is 40.1 Å². The lowest BCUT2D eigenvalue weighted by Gasteiger charge is -2.32. The van der Waals surface area contributed by atoms with E-state index in [0.717, 1.165) is 36.7 Å². The number of fused-ring (bicyclic) bond motifs is 1. The van der Waals surface area contributed by atoms with Gasteiger partial charge in [0, 0.05) is 41.0 Å². The molecule has 0 unspecified atom stereocenters. The first-order valence-electron chi connectivity index (χ1n) is 8.77. The third-order valence-electron chi connectivity index (χ3n) is 4.12. The van der Waals surface area contributed by atoms with Crippen LogP contribution in [0.1, 0.15) is 33.6 Å². The molecule has 1 amide bonds. The van der Waals surface area contributed by atoms with Crippen LogP contribution in [0.2, 0.25) is 5.15 Å². The molecule has 0 radical (unpaired) electrons. The average molecular weight is 394 g/mol.